The average molecular weight is 432 g/mol. The molecule has 3 amide bonds. The van der Waals surface area contributed by atoms with E-state index < -0.39 is 12.1 Å². The first-order chi connectivity index (χ1) is 15.5. The van der Waals surface area contributed by atoms with Gasteiger partial charge in [-0.05, 0) is 35.9 Å². The minimum atomic E-state index is -0.669. The molecule has 2 atom stereocenters. The minimum Gasteiger partial charge on any atom is -0.497 e. The highest BCUT2D eigenvalue weighted by atomic mass is 16.5. The van der Waals surface area contributed by atoms with E-state index in [0.29, 0.717) is 30.8 Å². The maximum Gasteiger partial charge on any atom is 0.254 e. The molecule has 1 aromatic heterocycles. The van der Waals surface area contributed by atoms with Crippen LogP contribution in [0.25, 0.3) is 10.9 Å². The average Bonchev–Trinajstić information content (AvgIpc) is 3.24. The number of aromatic amines is 1. The molecule has 2 saturated heterocycles. The summed E-state index contributed by atoms with van der Waals surface area (Å²) < 4.78 is 5.14. The van der Waals surface area contributed by atoms with Crippen molar-refractivity contribution in [3.8, 4) is 5.75 Å². The molecule has 164 valence electrons. The molecule has 0 bridgehead atoms. The Morgan fingerprint density at radius 1 is 1.09 bits per heavy atom. The van der Waals surface area contributed by atoms with Gasteiger partial charge in [-0.3, -0.25) is 14.4 Å². The van der Waals surface area contributed by atoms with Crippen LogP contribution < -0.4 is 10.1 Å². The molecule has 0 spiro atoms. The quantitative estimate of drug-likeness (QED) is 0.654. The number of ether oxygens (including phenoxy) is 1. The van der Waals surface area contributed by atoms with Gasteiger partial charge >= 0.3 is 0 Å². The predicted molar refractivity (Wildman–Crippen MR) is 118 cm³/mol. The van der Waals surface area contributed by atoms with E-state index in [1.54, 1.807) is 41.2 Å². The number of rotatable bonds is 4. The number of H-pyrrole nitrogens is 1. The molecule has 0 radical (unpaired) electrons. The van der Waals surface area contributed by atoms with E-state index in [4.69, 9.17) is 4.74 Å². The lowest BCUT2D eigenvalue weighted by molar-refractivity contribution is -0.152. The van der Waals surface area contributed by atoms with E-state index in [1.807, 2.05) is 30.5 Å². The van der Waals surface area contributed by atoms with Crippen LogP contribution in [0.4, 0.5) is 0 Å². The maximum atomic E-state index is 13.2. The van der Waals surface area contributed by atoms with Crippen molar-refractivity contribution in [2.45, 2.75) is 18.5 Å². The molecule has 3 heterocycles. The summed E-state index contributed by atoms with van der Waals surface area (Å²) >= 11 is 0. The number of carbonyl (C=O) groups is 3. The molecule has 3 aromatic rings. The van der Waals surface area contributed by atoms with Crippen molar-refractivity contribution in [3.63, 3.8) is 0 Å². The zero-order valence-electron chi connectivity index (χ0n) is 17.7. The normalized spacial score (nSPS) is 20.8. The van der Waals surface area contributed by atoms with E-state index in [1.165, 1.54) is 0 Å². The number of hydrogen-bond donors (Lipinski definition) is 2. The van der Waals surface area contributed by atoms with E-state index >= 15 is 0 Å². The number of nitrogens with one attached hydrogen (secondary N) is 2. The molecular weight excluding hydrogens is 408 g/mol. The van der Waals surface area contributed by atoms with Crippen molar-refractivity contribution in [1.29, 1.82) is 0 Å². The standard InChI is InChI=1S/C24H24N4O4/c1-32-17-8-6-15(7-9-17)23(30)27-10-11-28-21(14-27)22(29)26-20(24(28)31)12-16-13-25-19-5-3-2-4-18(16)19/h2-9,13,20-21,25H,10-12,14H2,1H3,(H,26,29)/t20-,21+/m1/s1. The Morgan fingerprint density at radius 3 is 2.66 bits per heavy atom. The molecule has 2 aliphatic heterocycles. The first kappa shape index (κ1) is 20.1. The molecule has 8 nitrogen and oxygen atoms in total. The van der Waals surface area contributed by atoms with Crippen molar-refractivity contribution in [2.75, 3.05) is 26.7 Å². The second-order valence-corrected chi connectivity index (χ2v) is 8.15. The van der Waals surface area contributed by atoms with Crippen LogP contribution in [0, 0.1) is 0 Å². The van der Waals surface area contributed by atoms with E-state index in [-0.39, 0.29) is 24.3 Å². The molecule has 5 rings (SSSR count). The number of para-hydroxylation sites is 1. The van der Waals surface area contributed by atoms with Gasteiger partial charge in [-0.1, -0.05) is 18.2 Å². The third kappa shape index (κ3) is 3.47. The molecule has 0 saturated carbocycles. The molecule has 8 heteroatoms. The molecule has 32 heavy (non-hydrogen) atoms. The first-order valence-corrected chi connectivity index (χ1v) is 10.6. The smallest absolute Gasteiger partial charge is 0.254 e. The Labute approximate surface area is 185 Å². The summed E-state index contributed by atoms with van der Waals surface area (Å²) in [6.45, 7) is 0.908. The molecule has 2 aliphatic rings. The zero-order chi connectivity index (χ0) is 22.2. The fourth-order valence-electron chi connectivity index (χ4n) is 4.56. The fraction of sp³-hybridized carbons (Fsp3) is 0.292. The van der Waals surface area contributed by atoms with E-state index in [2.05, 4.69) is 10.3 Å². The molecule has 2 fully saturated rings. The Bertz CT molecular complexity index is 1190. The Morgan fingerprint density at radius 2 is 1.88 bits per heavy atom. The van der Waals surface area contributed by atoms with Gasteiger partial charge in [0.2, 0.25) is 11.8 Å². The van der Waals surface area contributed by atoms with Crippen molar-refractivity contribution < 1.29 is 19.1 Å². The summed E-state index contributed by atoms with van der Waals surface area (Å²) in [4.78, 5) is 45.4. The monoisotopic (exact) mass is 432 g/mol. The second-order valence-electron chi connectivity index (χ2n) is 8.15. The molecule has 0 aliphatic carbocycles. The van der Waals surface area contributed by atoms with Gasteiger partial charge in [0, 0.05) is 42.2 Å². The van der Waals surface area contributed by atoms with Gasteiger partial charge in [0.05, 0.1) is 13.7 Å². The van der Waals surface area contributed by atoms with Gasteiger partial charge in [0.15, 0.2) is 0 Å². The molecule has 2 aromatic carbocycles. The van der Waals surface area contributed by atoms with Gasteiger partial charge in [-0.2, -0.15) is 0 Å². The highest BCUT2D eigenvalue weighted by Gasteiger charge is 2.44. The van der Waals surface area contributed by atoms with Gasteiger partial charge in [0.1, 0.15) is 17.8 Å². The number of benzene rings is 2. The molecule has 0 unspecified atom stereocenters. The zero-order valence-corrected chi connectivity index (χ0v) is 17.7. The maximum absolute atomic E-state index is 13.2. The fourth-order valence-corrected chi connectivity index (χ4v) is 4.56. The van der Waals surface area contributed by atoms with Gasteiger partial charge in [-0.15, -0.1) is 0 Å². The van der Waals surface area contributed by atoms with Crippen molar-refractivity contribution >= 4 is 28.6 Å². The summed E-state index contributed by atoms with van der Waals surface area (Å²) in [7, 11) is 1.57. The van der Waals surface area contributed by atoms with Gasteiger partial charge in [-0.25, -0.2) is 0 Å². The van der Waals surface area contributed by atoms with Crippen LogP contribution in [0.3, 0.4) is 0 Å². The number of aromatic nitrogens is 1. The summed E-state index contributed by atoms with van der Waals surface area (Å²) in [5, 5.41) is 3.93. The van der Waals surface area contributed by atoms with Crippen LogP contribution >= 0.6 is 0 Å². The van der Waals surface area contributed by atoms with Crippen LogP contribution in [0.5, 0.6) is 5.75 Å². The second kappa shape index (κ2) is 8.03. The predicted octanol–water partition coefficient (Wildman–Crippen LogP) is 1.57. The number of carbonyl (C=O) groups excluding carboxylic acids is 3. The first-order valence-electron chi connectivity index (χ1n) is 10.6. The topological polar surface area (TPSA) is 94.7 Å². The van der Waals surface area contributed by atoms with Crippen LogP contribution in [0.2, 0.25) is 0 Å². The Balaban J connectivity index is 1.29. The van der Waals surface area contributed by atoms with Crippen LogP contribution in [0.15, 0.2) is 54.7 Å². The van der Waals surface area contributed by atoms with Gasteiger partial charge < -0.3 is 24.8 Å². The third-order valence-electron chi connectivity index (χ3n) is 6.30. The summed E-state index contributed by atoms with van der Waals surface area (Å²) in [6, 6.07) is 13.5. The lowest BCUT2D eigenvalue weighted by Gasteiger charge is -2.45. The van der Waals surface area contributed by atoms with Crippen LogP contribution in [0.1, 0.15) is 15.9 Å². The minimum absolute atomic E-state index is 0.101. The number of hydrogen-bond acceptors (Lipinski definition) is 4. The number of amides is 3. The Hall–Kier alpha value is -3.81. The van der Waals surface area contributed by atoms with Crippen LogP contribution in [-0.4, -0.2) is 71.3 Å². The number of methoxy groups -OCH3 is 1. The number of nitrogens with zero attached hydrogens (tertiary/aromatic N) is 2. The highest BCUT2D eigenvalue weighted by Crippen LogP contribution is 2.23. The lowest BCUT2D eigenvalue weighted by Crippen LogP contribution is -2.70. The van der Waals surface area contributed by atoms with E-state index in [0.717, 1.165) is 16.5 Å². The molecule has 2 N–H and O–H groups in total. The van der Waals surface area contributed by atoms with Crippen LogP contribution in [-0.2, 0) is 16.0 Å². The summed E-state index contributed by atoms with van der Waals surface area (Å²) in [6.07, 6.45) is 2.31. The summed E-state index contributed by atoms with van der Waals surface area (Å²) in [5.41, 5.74) is 2.52. The lowest BCUT2D eigenvalue weighted by atomic mass is 9.98. The number of piperazine rings is 2. The van der Waals surface area contributed by atoms with Crippen molar-refractivity contribution in [2.24, 2.45) is 0 Å². The van der Waals surface area contributed by atoms with E-state index in [9.17, 15) is 14.4 Å². The Kier molecular flexibility index (Phi) is 5.05. The van der Waals surface area contributed by atoms with Crippen molar-refractivity contribution in [1.82, 2.24) is 20.1 Å². The van der Waals surface area contributed by atoms with Crippen molar-refractivity contribution in [3.05, 3.63) is 65.9 Å². The molecular formula is C24H24N4O4. The third-order valence-corrected chi connectivity index (χ3v) is 6.30. The summed E-state index contributed by atoms with van der Waals surface area (Å²) in [5.74, 6) is 0.191. The largest absolute Gasteiger partial charge is 0.497 e. The number of fused-ring (bicyclic) bond motifs is 2. The SMILES string of the molecule is COc1ccc(C(=O)N2CCN3C(=O)[C@@H](Cc4c[nH]c5ccccc45)NC(=O)[C@@H]3C2)cc1. The van der Waals surface area contributed by atoms with Gasteiger partial charge in [0.25, 0.3) is 5.91 Å². The highest BCUT2D eigenvalue weighted by molar-refractivity contribution is 5.99.